The second-order valence-electron chi connectivity index (χ2n) is 4.47. The Kier molecular flexibility index (Phi) is 3.83. The fraction of sp³-hybridized carbons (Fsp3) is 0.571. The van der Waals surface area contributed by atoms with Crippen LogP contribution in [0.4, 0.5) is 0 Å². The maximum atomic E-state index is 9.87. The molecule has 88 valence electrons. The number of para-hydroxylation sites is 1. The molecule has 0 bridgehead atoms. The number of ether oxygens (including phenoxy) is 1. The normalized spacial score (nSPS) is 25.4. The highest BCUT2D eigenvalue weighted by Gasteiger charge is 2.24. The lowest BCUT2D eigenvalue weighted by Gasteiger charge is -2.28. The first kappa shape index (κ1) is 11.5. The summed E-state index contributed by atoms with van der Waals surface area (Å²) in [4.78, 5) is 0. The average Bonchev–Trinajstić information content (AvgIpc) is 2.33. The van der Waals surface area contributed by atoms with E-state index >= 15 is 0 Å². The van der Waals surface area contributed by atoms with E-state index in [-0.39, 0.29) is 12.2 Å². The summed E-state index contributed by atoms with van der Waals surface area (Å²) >= 11 is 0. The molecule has 0 amide bonds. The lowest BCUT2D eigenvalue weighted by Crippen LogP contribution is -2.34. The SMILES string of the molecule is CCc1ccccc1O[C@@H]1CCCC[C@H]1O. The average molecular weight is 220 g/mol. The third kappa shape index (κ3) is 2.56. The monoisotopic (exact) mass is 220 g/mol. The number of aliphatic hydroxyl groups excluding tert-OH is 1. The summed E-state index contributed by atoms with van der Waals surface area (Å²) in [6.45, 7) is 2.12. The van der Waals surface area contributed by atoms with E-state index in [0.29, 0.717) is 0 Å². The Morgan fingerprint density at radius 2 is 2.00 bits per heavy atom. The van der Waals surface area contributed by atoms with Crippen LogP contribution in [-0.2, 0) is 6.42 Å². The standard InChI is InChI=1S/C14H20O2/c1-2-11-7-3-5-9-13(11)16-14-10-6-4-8-12(14)15/h3,5,7,9,12,14-15H,2,4,6,8,10H2,1H3/t12-,14-/m1/s1. The van der Waals surface area contributed by atoms with Crippen LogP contribution < -0.4 is 4.74 Å². The third-order valence-corrected chi connectivity index (χ3v) is 3.30. The molecule has 0 aromatic heterocycles. The highest BCUT2D eigenvalue weighted by molar-refractivity contribution is 5.33. The molecule has 1 saturated carbocycles. The summed E-state index contributed by atoms with van der Waals surface area (Å²) < 4.78 is 5.94. The minimum atomic E-state index is -0.293. The van der Waals surface area contributed by atoms with Crippen LogP contribution in [0.3, 0.4) is 0 Å². The Morgan fingerprint density at radius 3 is 2.75 bits per heavy atom. The van der Waals surface area contributed by atoms with Crippen molar-refractivity contribution in [3.63, 3.8) is 0 Å². The highest BCUT2D eigenvalue weighted by atomic mass is 16.5. The zero-order valence-electron chi connectivity index (χ0n) is 9.86. The molecule has 0 spiro atoms. The minimum Gasteiger partial charge on any atom is -0.487 e. The van der Waals surface area contributed by atoms with E-state index < -0.39 is 0 Å². The van der Waals surface area contributed by atoms with Gasteiger partial charge in [-0.05, 0) is 37.3 Å². The van der Waals surface area contributed by atoms with Crippen LogP contribution in [0.5, 0.6) is 5.75 Å². The van der Waals surface area contributed by atoms with Gasteiger partial charge in [0, 0.05) is 0 Å². The number of benzene rings is 1. The van der Waals surface area contributed by atoms with Gasteiger partial charge < -0.3 is 9.84 Å². The Bertz CT molecular complexity index is 335. The summed E-state index contributed by atoms with van der Waals surface area (Å²) in [5.74, 6) is 0.941. The molecule has 1 aromatic carbocycles. The summed E-state index contributed by atoms with van der Waals surface area (Å²) in [5, 5.41) is 9.87. The van der Waals surface area contributed by atoms with Crippen molar-refractivity contribution >= 4 is 0 Å². The number of rotatable bonds is 3. The van der Waals surface area contributed by atoms with Gasteiger partial charge in [-0.25, -0.2) is 0 Å². The zero-order valence-corrected chi connectivity index (χ0v) is 9.86. The molecule has 1 aliphatic carbocycles. The van der Waals surface area contributed by atoms with Gasteiger partial charge in [-0.2, -0.15) is 0 Å². The lowest BCUT2D eigenvalue weighted by atomic mass is 9.94. The largest absolute Gasteiger partial charge is 0.487 e. The first-order valence-electron chi connectivity index (χ1n) is 6.24. The molecule has 0 aliphatic heterocycles. The van der Waals surface area contributed by atoms with Gasteiger partial charge in [0.05, 0.1) is 6.10 Å². The minimum absolute atomic E-state index is 0.0125. The lowest BCUT2D eigenvalue weighted by molar-refractivity contribution is 0.00643. The molecule has 1 N–H and O–H groups in total. The van der Waals surface area contributed by atoms with E-state index in [2.05, 4.69) is 13.0 Å². The topological polar surface area (TPSA) is 29.5 Å². The Labute approximate surface area is 97.3 Å². The Hall–Kier alpha value is -1.02. The van der Waals surface area contributed by atoms with Gasteiger partial charge in [0.1, 0.15) is 11.9 Å². The van der Waals surface area contributed by atoms with E-state index in [0.717, 1.165) is 37.9 Å². The van der Waals surface area contributed by atoms with Gasteiger partial charge in [0.2, 0.25) is 0 Å². The molecular formula is C14H20O2. The molecule has 16 heavy (non-hydrogen) atoms. The second-order valence-corrected chi connectivity index (χ2v) is 4.47. The maximum absolute atomic E-state index is 9.87. The smallest absolute Gasteiger partial charge is 0.124 e. The summed E-state index contributed by atoms with van der Waals surface area (Å²) in [6.07, 6.45) is 4.80. The van der Waals surface area contributed by atoms with Crippen LogP contribution in [0.25, 0.3) is 0 Å². The first-order valence-corrected chi connectivity index (χ1v) is 6.24. The van der Waals surface area contributed by atoms with Gasteiger partial charge in [0.25, 0.3) is 0 Å². The molecule has 1 fully saturated rings. The van der Waals surface area contributed by atoms with Crippen LogP contribution in [0, 0.1) is 0 Å². The molecule has 0 saturated heterocycles. The molecule has 2 atom stereocenters. The fourth-order valence-electron chi connectivity index (χ4n) is 2.29. The van der Waals surface area contributed by atoms with Gasteiger partial charge in [-0.15, -0.1) is 0 Å². The van der Waals surface area contributed by atoms with E-state index in [1.54, 1.807) is 0 Å². The van der Waals surface area contributed by atoms with Gasteiger partial charge in [-0.3, -0.25) is 0 Å². The van der Waals surface area contributed by atoms with Crippen molar-refractivity contribution in [3.05, 3.63) is 29.8 Å². The predicted octanol–water partition coefficient (Wildman–Crippen LogP) is 2.93. The van der Waals surface area contributed by atoms with Crippen molar-refractivity contribution in [2.45, 2.75) is 51.2 Å². The predicted molar refractivity (Wildman–Crippen MR) is 64.7 cm³/mol. The molecule has 0 heterocycles. The summed E-state index contributed by atoms with van der Waals surface area (Å²) in [6, 6.07) is 8.11. The van der Waals surface area contributed by atoms with Gasteiger partial charge in [-0.1, -0.05) is 31.5 Å². The Balaban J connectivity index is 2.07. The molecule has 2 heteroatoms. The summed E-state index contributed by atoms with van der Waals surface area (Å²) in [5.41, 5.74) is 1.22. The fourth-order valence-corrected chi connectivity index (χ4v) is 2.29. The van der Waals surface area contributed by atoms with Crippen LogP contribution in [0.2, 0.25) is 0 Å². The zero-order chi connectivity index (χ0) is 11.4. The molecule has 0 radical (unpaired) electrons. The number of aryl methyl sites for hydroxylation is 1. The number of aliphatic hydroxyl groups is 1. The van der Waals surface area contributed by atoms with Crippen molar-refractivity contribution in [1.29, 1.82) is 0 Å². The van der Waals surface area contributed by atoms with Crippen molar-refractivity contribution in [2.75, 3.05) is 0 Å². The quantitative estimate of drug-likeness (QED) is 0.848. The van der Waals surface area contributed by atoms with Crippen LogP contribution >= 0.6 is 0 Å². The van der Waals surface area contributed by atoms with Crippen LogP contribution in [0.15, 0.2) is 24.3 Å². The molecule has 1 aromatic rings. The van der Waals surface area contributed by atoms with E-state index in [1.807, 2.05) is 18.2 Å². The number of hydrogen-bond donors (Lipinski definition) is 1. The van der Waals surface area contributed by atoms with Crippen molar-refractivity contribution in [1.82, 2.24) is 0 Å². The second kappa shape index (κ2) is 5.35. The highest BCUT2D eigenvalue weighted by Crippen LogP contribution is 2.26. The van der Waals surface area contributed by atoms with Gasteiger partial charge in [0.15, 0.2) is 0 Å². The van der Waals surface area contributed by atoms with Crippen LogP contribution in [-0.4, -0.2) is 17.3 Å². The number of hydrogen-bond acceptors (Lipinski definition) is 2. The third-order valence-electron chi connectivity index (χ3n) is 3.30. The maximum Gasteiger partial charge on any atom is 0.124 e. The van der Waals surface area contributed by atoms with E-state index in [9.17, 15) is 5.11 Å². The van der Waals surface area contributed by atoms with Crippen molar-refractivity contribution < 1.29 is 9.84 Å². The first-order chi connectivity index (χ1) is 7.81. The van der Waals surface area contributed by atoms with Crippen molar-refractivity contribution in [3.8, 4) is 5.75 Å². The molecule has 2 rings (SSSR count). The van der Waals surface area contributed by atoms with Crippen LogP contribution in [0.1, 0.15) is 38.2 Å². The van der Waals surface area contributed by atoms with Crippen molar-refractivity contribution in [2.24, 2.45) is 0 Å². The van der Waals surface area contributed by atoms with Gasteiger partial charge >= 0.3 is 0 Å². The molecule has 1 aliphatic rings. The van der Waals surface area contributed by atoms with E-state index in [1.165, 1.54) is 5.56 Å². The molecular weight excluding hydrogens is 200 g/mol. The molecule has 0 unspecified atom stereocenters. The summed E-state index contributed by atoms with van der Waals surface area (Å²) in [7, 11) is 0. The Morgan fingerprint density at radius 1 is 1.25 bits per heavy atom. The molecule has 2 nitrogen and oxygen atoms in total. The van der Waals surface area contributed by atoms with E-state index in [4.69, 9.17) is 4.74 Å².